The molecule has 2 aromatic carbocycles. The molecule has 1 heterocycles. The molecule has 0 N–H and O–H groups in total. The lowest BCUT2D eigenvalue weighted by Crippen LogP contribution is -2.36. The molecule has 0 aliphatic carbocycles. The van der Waals surface area contributed by atoms with Gasteiger partial charge < -0.3 is 4.74 Å². The Morgan fingerprint density at radius 3 is 2.15 bits per heavy atom. The molecule has 3 heteroatoms. The fourth-order valence-corrected chi connectivity index (χ4v) is 3.57. The van der Waals surface area contributed by atoms with Gasteiger partial charge in [0.15, 0.2) is 5.78 Å². The maximum absolute atomic E-state index is 12.3. The summed E-state index contributed by atoms with van der Waals surface area (Å²) < 4.78 is 5.41. The molecular formula is C23H29NO2. The third-order valence-corrected chi connectivity index (χ3v) is 5.09. The largest absolute Gasteiger partial charge is 0.379 e. The predicted octanol–water partition coefficient (Wildman–Crippen LogP) is 4.16. The molecule has 138 valence electrons. The Labute approximate surface area is 157 Å². The van der Waals surface area contributed by atoms with Crippen LogP contribution in [0.5, 0.6) is 0 Å². The zero-order valence-electron chi connectivity index (χ0n) is 15.5. The topological polar surface area (TPSA) is 29.5 Å². The van der Waals surface area contributed by atoms with Crippen molar-refractivity contribution < 1.29 is 9.53 Å². The molecule has 2 aromatic rings. The molecule has 3 nitrogen and oxygen atoms in total. The van der Waals surface area contributed by atoms with Gasteiger partial charge >= 0.3 is 0 Å². The number of carbonyl (C=O) groups is 1. The quantitative estimate of drug-likeness (QED) is 0.636. The summed E-state index contributed by atoms with van der Waals surface area (Å²) in [6.45, 7) is 4.99. The van der Waals surface area contributed by atoms with Crippen LogP contribution in [0.1, 0.15) is 40.7 Å². The molecular weight excluding hydrogens is 322 g/mol. The van der Waals surface area contributed by atoms with Crippen LogP contribution in [0.3, 0.4) is 0 Å². The SMILES string of the molecule is O=C(CCCc1ccccc1CCCN1CCOCC1)c1ccccc1. The van der Waals surface area contributed by atoms with E-state index in [2.05, 4.69) is 29.2 Å². The summed E-state index contributed by atoms with van der Waals surface area (Å²) in [5.74, 6) is 0.246. The molecule has 1 aliphatic rings. The third kappa shape index (κ3) is 5.79. The van der Waals surface area contributed by atoms with Crippen LogP contribution < -0.4 is 0 Å². The van der Waals surface area contributed by atoms with Crippen molar-refractivity contribution in [1.29, 1.82) is 0 Å². The fourth-order valence-electron chi connectivity index (χ4n) is 3.57. The van der Waals surface area contributed by atoms with E-state index in [0.29, 0.717) is 6.42 Å². The van der Waals surface area contributed by atoms with Crippen LogP contribution >= 0.6 is 0 Å². The predicted molar refractivity (Wildman–Crippen MR) is 106 cm³/mol. The number of hydrogen-bond acceptors (Lipinski definition) is 3. The molecule has 0 atom stereocenters. The number of morpholine rings is 1. The van der Waals surface area contributed by atoms with E-state index in [0.717, 1.165) is 57.7 Å². The van der Waals surface area contributed by atoms with Gasteiger partial charge in [0.1, 0.15) is 0 Å². The summed E-state index contributed by atoms with van der Waals surface area (Å²) in [6, 6.07) is 18.3. The Balaban J connectivity index is 1.45. The van der Waals surface area contributed by atoms with Gasteiger partial charge in [-0.2, -0.15) is 0 Å². The highest BCUT2D eigenvalue weighted by Crippen LogP contribution is 2.16. The molecule has 0 aromatic heterocycles. The van der Waals surface area contributed by atoms with E-state index in [9.17, 15) is 4.79 Å². The van der Waals surface area contributed by atoms with Crippen LogP contribution in [0.25, 0.3) is 0 Å². The number of ketones is 1. The number of rotatable bonds is 9. The van der Waals surface area contributed by atoms with E-state index in [-0.39, 0.29) is 5.78 Å². The van der Waals surface area contributed by atoms with Crippen molar-refractivity contribution in [3.05, 3.63) is 71.3 Å². The minimum Gasteiger partial charge on any atom is -0.379 e. The molecule has 1 aliphatic heterocycles. The number of aryl methyl sites for hydroxylation is 2. The van der Waals surface area contributed by atoms with Crippen molar-refractivity contribution in [3.63, 3.8) is 0 Å². The summed E-state index contributed by atoms with van der Waals surface area (Å²) in [5, 5.41) is 0. The Morgan fingerprint density at radius 2 is 1.46 bits per heavy atom. The van der Waals surface area contributed by atoms with Crippen LogP contribution in [0, 0.1) is 0 Å². The highest BCUT2D eigenvalue weighted by Gasteiger charge is 2.10. The Kier molecular flexibility index (Phi) is 7.41. The highest BCUT2D eigenvalue weighted by molar-refractivity contribution is 5.95. The molecule has 0 bridgehead atoms. The van der Waals surface area contributed by atoms with E-state index in [1.807, 2.05) is 30.3 Å². The van der Waals surface area contributed by atoms with Gasteiger partial charge in [-0.05, 0) is 43.4 Å². The summed E-state index contributed by atoms with van der Waals surface area (Å²) in [5.41, 5.74) is 3.66. The third-order valence-electron chi connectivity index (χ3n) is 5.09. The van der Waals surface area contributed by atoms with E-state index in [4.69, 9.17) is 4.74 Å². The van der Waals surface area contributed by atoms with Gasteiger partial charge in [0.05, 0.1) is 13.2 Å². The highest BCUT2D eigenvalue weighted by atomic mass is 16.5. The number of hydrogen-bond donors (Lipinski definition) is 0. The van der Waals surface area contributed by atoms with Gasteiger partial charge in [0.25, 0.3) is 0 Å². The Hall–Kier alpha value is -1.97. The first-order valence-electron chi connectivity index (χ1n) is 9.78. The maximum Gasteiger partial charge on any atom is 0.162 e. The zero-order valence-corrected chi connectivity index (χ0v) is 15.5. The molecule has 0 radical (unpaired) electrons. The Morgan fingerprint density at radius 1 is 0.846 bits per heavy atom. The summed E-state index contributed by atoms with van der Waals surface area (Å²) in [7, 11) is 0. The first-order valence-corrected chi connectivity index (χ1v) is 9.78. The molecule has 1 fully saturated rings. The number of ether oxygens (including phenoxy) is 1. The van der Waals surface area contributed by atoms with Crippen molar-refractivity contribution in [2.24, 2.45) is 0 Å². The number of carbonyl (C=O) groups excluding carboxylic acids is 1. The minimum absolute atomic E-state index is 0.246. The average molecular weight is 351 g/mol. The average Bonchev–Trinajstić information content (AvgIpc) is 2.70. The normalized spacial score (nSPS) is 15.1. The molecule has 3 rings (SSSR count). The van der Waals surface area contributed by atoms with Crippen LogP contribution in [0.4, 0.5) is 0 Å². The van der Waals surface area contributed by atoms with Gasteiger partial charge in [-0.3, -0.25) is 9.69 Å². The van der Waals surface area contributed by atoms with Gasteiger partial charge in [0, 0.05) is 25.1 Å². The molecule has 26 heavy (non-hydrogen) atoms. The van der Waals surface area contributed by atoms with Crippen molar-refractivity contribution >= 4 is 5.78 Å². The van der Waals surface area contributed by atoms with Crippen LogP contribution in [0.2, 0.25) is 0 Å². The first-order chi connectivity index (χ1) is 12.8. The van der Waals surface area contributed by atoms with Gasteiger partial charge in [0.2, 0.25) is 0 Å². The molecule has 1 saturated heterocycles. The summed E-state index contributed by atoms with van der Waals surface area (Å²) in [6.07, 6.45) is 4.80. The van der Waals surface area contributed by atoms with E-state index < -0.39 is 0 Å². The second-order valence-corrected chi connectivity index (χ2v) is 6.97. The summed E-state index contributed by atoms with van der Waals surface area (Å²) >= 11 is 0. The van der Waals surface area contributed by atoms with Crippen molar-refractivity contribution in [2.45, 2.75) is 32.1 Å². The lowest BCUT2D eigenvalue weighted by atomic mass is 9.97. The molecule has 0 saturated carbocycles. The van der Waals surface area contributed by atoms with Crippen LogP contribution in [-0.4, -0.2) is 43.5 Å². The zero-order chi connectivity index (χ0) is 18.0. The molecule has 0 amide bonds. The number of benzene rings is 2. The second-order valence-electron chi connectivity index (χ2n) is 6.97. The van der Waals surface area contributed by atoms with Crippen molar-refractivity contribution in [3.8, 4) is 0 Å². The number of nitrogens with zero attached hydrogens (tertiary/aromatic N) is 1. The molecule has 0 spiro atoms. The maximum atomic E-state index is 12.3. The monoisotopic (exact) mass is 351 g/mol. The van der Waals surface area contributed by atoms with Crippen LogP contribution in [-0.2, 0) is 17.6 Å². The van der Waals surface area contributed by atoms with E-state index in [1.165, 1.54) is 17.5 Å². The minimum atomic E-state index is 0.246. The van der Waals surface area contributed by atoms with E-state index >= 15 is 0 Å². The summed E-state index contributed by atoms with van der Waals surface area (Å²) in [4.78, 5) is 14.7. The van der Waals surface area contributed by atoms with Crippen LogP contribution in [0.15, 0.2) is 54.6 Å². The Bertz CT molecular complexity index is 678. The van der Waals surface area contributed by atoms with Gasteiger partial charge in [-0.1, -0.05) is 54.6 Å². The van der Waals surface area contributed by atoms with Gasteiger partial charge in [-0.25, -0.2) is 0 Å². The van der Waals surface area contributed by atoms with Gasteiger partial charge in [-0.15, -0.1) is 0 Å². The van der Waals surface area contributed by atoms with E-state index in [1.54, 1.807) is 0 Å². The second kappa shape index (κ2) is 10.2. The number of Topliss-reactive ketones (excluding diaryl/α,β-unsaturated/α-hetero) is 1. The fraction of sp³-hybridized carbons (Fsp3) is 0.435. The van der Waals surface area contributed by atoms with Crippen molar-refractivity contribution in [1.82, 2.24) is 4.90 Å². The smallest absolute Gasteiger partial charge is 0.162 e. The molecule has 0 unspecified atom stereocenters. The first kappa shape index (κ1) is 18.8. The van der Waals surface area contributed by atoms with Crippen molar-refractivity contribution in [2.75, 3.05) is 32.8 Å². The lowest BCUT2D eigenvalue weighted by molar-refractivity contribution is 0.0374. The standard InChI is InChI=1S/C23H29NO2/c25-23(22-10-2-1-3-11-22)14-6-12-20-8-4-5-9-21(20)13-7-15-24-16-18-26-19-17-24/h1-5,8-11H,6-7,12-19H2. The lowest BCUT2D eigenvalue weighted by Gasteiger charge is -2.26.